The van der Waals surface area contributed by atoms with Gasteiger partial charge in [0.05, 0.1) is 18.1 Å². The average molecular weight is 456 g/mol. The number of carbonyl (C=O) groups excluding carboxylic acids is 1. The predicted molar refractivity (Wildman–Crippen MR) is 130 cm³/mol. The molecule has 1 saturated heterocycles. The molecule has 7 heteroatoms. The molecule has 0 N–H and O–H groups in total. The molecule has 1 aliphatic heterocycles. The van der Waals surface area contributed by atoms with Gasteiger partial charge >= 0.3 is 0 Å². The fraction of sp³-hybridized carbons (Fsp3) is 0.250. The molecule has 3 rings (SSSR count). The second kappa shape index (κ2) is 11.7. The second-order valence-corrected chi connectivity index (χ2v) is 8.46. The molecule has 0 unspecified atom stereocenters. The van der Waals surface area contributed by atoms with Gasteiger partial charge in [0.25, 0.3) is 5.91 Å². The molecule has 5 nitrogen and oxygen atoms in total. The van der Waals surface area contributed by atoms with Gasteiger partial charge in [-0.1, -0.05) is 54.3 Å². The van der Waals surface area contributed by atoms with Crippen molar-refractivity contribution in [2.24, 2.45) is 0 Å². The maximum atomic E-state index is 12.4. The van der Waals surface area contributed by atoms with E-state index in [4.69, 9.17) is 26.4 Å². The number of aryl methyl sites for hydroxylation is 1. The lowest BCUT2D eigenvalue weighted by Gasteiger charge is -2.10. The highest BCUT2D eigenvalue weighted by atomic mass is 32.2. The fourth-order valence-electron chi connectivity index (χ4n) is 2.88. The molecule has 2 aromatic rings. The molecule has 0 radical (unpaired) electrons. The number of thiocarbonyl (C=S) groups is 1. The normalized spacial score (nSPS) is 14.9. The summed E-state index contributed by atoms with van der Waals surface area (Å²) in [4.78, 5) is 14.6. The van der Waals surface area contributed by atoms with E-state index in [0.717, 1.165) is 22.6 Å². The number of benzene rings is 2. The Labute approximate surface area is 192 Å². The summed E-state index contributed by atoms with van der Waals surface area (Å²) in [6.45, 7) is 7.98. The predicted octanol–water partition coefficient (Wildman–Crippen LogP) is 4.86. The van der Waals surface area contributed by atoms with Crippen molar-refractivity contribution in [2.45, 2.75) is 6.92 Å². The monoisotopic (exact) mass is 455 g/mol. The minimum atomic E-state index is -0.0949. The minimum Gasteiger partial charge on any atom is -0.491 e. The first-order valence-electron chi connectivity index (χ1n) is 9.93. The molecule has 1 fully saturated rings. The van der Waals surface area contributed by atoms with Crippen molar-refractivity contribution in [1.82, 2.24) is 4.90 Å². The molecule has 0 bridgehead atoms. The van der Waals surface area contributed by atoms with Crippen molar-refractivity contribution < 1.29 is 19.0 Å². The van der Waals surface area contributed by atoms with E-state index < -0.39 is 0 Å². The summed E-state index contributed by atoms with van der Waals surface area (Å²) in [5.74, 6) is 1.47. The highest BCUT2D eigenvalue weighted by molar-refractivity contribution is 8.26. The Morgan fingerprint density at radius 1 is 1.03 bits per heavy atom. The minimum absolute atomic E-state index is 0.0949. The molecule has 0 aliphatic carbocycles. The summed E-state index contributed by atoms with van der Waals surface area (Å²) in [5.41, 5.74) is 2.04. The van der Waals surface area contributed by atoms with Crippen LogP contribution in [0.1, 0.15) is 11.1 Å². The molecule has 0 atom stereocenters. The van der Waals surface area contributed by atoms with Crippen LogP contribution >= 0.6 is 24.0 Å². The van der Waals surface area contributed by atoms with Gasteiger partial charge in [-0.25, -0.2) is 0 Å². The Hall–Kier alpha value is -2.61. The third-order valence-electron chi connectivity index (χ3n) is 4.32. The zero-order valence-electron chi connectivity index (χ0n) is 17.4. The van der Waals surface area contributed by atoms with Crippen molar-refractivity contribution in [3.63, 3.8) is 0 Å². The topological polar surface area (TPSA) is 48.0 Å². The van der Waals surface area contributed by atoms with E-state index >= 15 is 0 Å². The zero-order chi connectivity index (χ0) is 22.1. The van der Waals surface area contributed by atoms with Gasteiger partial charge in [-0.3, -0.25) is 9.69 Å². The van der Waals surface area contributed by atoms with Crippen LogP contribution in [0.4, 0.5) is 0 Å². The number of hydrogen-bond donors (Lipinski definition) is 0. The summed E-state index contributed by atoms with van der Waals surface area (Å²) in [6, 6.07) is 15.5. The SMILES string of the molecule is C=CCN1C(=O)/C(=C/c2cccc(OCCOCCOc3cccc(C)c3)c2)SC1=S. The summed E-state index contributed by atoms with van der Waals surface area (Å²) >= 11 is 6.57. The molecule has 1 amide bonds. The highest BCUT2D eigenvalue weighted by Crippen LogP contribution is 2.32. The Kier molecular flexibility index (Phi) is 8.70. The van der Waals surface area contributed by atoms with Crippen LogP contribution in [0.25, 0.3) is 6.08 Å². The third-order valence-corrected chi connectivity index (χ3v) is 5.70. The lowest BCUT2D eigenvalue weighted by Crippen LogP contribution is -2.27. The molecule has 2 aromatic carbocycles. The van der Waals surface area contributed by atoms with Crippen LogP contribution in [0.3, 0.4) is 0 Å². The third kappa shape index (κ3) is 6.95. The number of rotatable bonds is 11. The van der Waals surface area contributed by atoms with Gasteiger partial charge in [-0.15, -0.1) is 6.58 Å². The van der Waals surface area contributed by atoms with Crippen LogP contribution < -0.4 is 9.47 Å². The van der Waals surface area contributed by atoms with Gasteiger partial charge in [0.2, 0.25) is 0 Å². The Morgan fingerprint density at radius 2 is 1.71 bits per heavy atom. The summed E-state index contributed by atoms with van der Waals surface area (Å²) in [7, 11) is 0. The van der Waals surface area contributed by atoms with Gasteiger partial charge < -0.3 is 14.2 Å². The molecule has 1 aliphatic rings. The lowest BCUT2D eigenvalue weighted by molar-refractivity contribution is -0.121. The largest absolute Gasteiger partial charge is 0.491 e. The first-order chi connectivity index (χ1) is 15.1. The lowest BCUT2D eigenvalue weighted by atomic mass is 10.2. The van der Waals surface area contributed by atoms with E-state index in [0.29, 0.717) is 42.2 Å². The number of nitrogens with zero attached hydrogens (tertiary/aromatic N) is 1. The average Bonchev–Trinajstić information content (AvgIpc) is 3.01. The fourth-order valence-corrected chi connectivity index (χ4v) is 4.15. The van der Waals surface area contributed by atoms with E-state index in [9.17, 15) is 4.79 Å². The van der Waals surface area contributed by atoms with Crippen molar-refractivity contribution in [3.8, 4) is 11.5 Å². The first kappa shape index (κ1) is 23.1. The number of ether oxygens (including phenoxy) is 3. The number of hydrogen-bond acceptors (Lipinski definition) is 6. The second-order valence-electron chi connectivity index (χ2n) is 6.78. The molecule has 0 saturated carbocycles. The highest BCUT2D eigenvalue weighted by Gasteiger charge is 2.30. The van der Waals surface area contributed by atoms with Crippen molar-refractivity contribution >= 4 is 40.3 Å². The van der Waals surface area contributed by atoms with Gasteiger partial charge in [0.1, 0.15) is 29.0 Å². The maximum Gasteiger partial charge on any atom is 0.266 e. The standard InChI is InChI=1S/C24H25NO4S2/c1-3-10-25-23(26)22(31-24(25)30)17-19-7-5-9-21(16-19)29-14-12-27-11-13-28-20-8-4-6-18(2)15-20/h3-9,15-17H,1,10-14H2,2H3/b22-17-. The first-order valence-corrected chi connectivity index (χ1v) is 11.2. The Balaban J connectivity index is 1.41. The van der Waals surface area contributed by atoms with Crippen molar-refractivity contribution in [2.75, 3.05) is 33.0 Å². The van der Waals surface area contributed by atoms with Gasteiger partial charge in [0.15, 0.2) is 0 Å². The van der Waals surface area contributed by atoms with Crippen molar-refractivity contribution in [3.05, 3.63) is 77.2 Å². The molecule has 31 heavy (non-hydrogen) atoms. The van der Waals surface area contributed by atoms with Gasteiger partial charge in [-0.2, -0.15) is 0 Å². The molecule has 1 heterocycles. The van der Waals surface area contributed by atoms with Crippen LogP contribution in [0.5, 0.6) is 11.5 Å². The van der Waals surface area contributed by atoms with Crippen LogP contribution in [0.15, 0.2) is 66.1 Å². The van der Waals surface area contributed by atoms with Gasteiger partial charge in [-0.05, 0) is 48.4 Å². The Bertz CT molecular complexity index is 974. The van der Waals surface area contributed by atoms with Crippen LogP contribution in [0.2, 0.25) is 0 Å². The smallest absolute Gasteiger partial charge is 0.266 e. The zero-order valence-corrected chi connectivity index (χ0v) is 19.0. The molecular formula is C24H25NO4S2. The van der Waals surface area contributed by atoms with Crippen LogP contribution in [0, 0.1) is 6.92 Å². The van der Waals surface area contributed by atoms with Gasteiger partial charge in [0, 0.05) is 6.54 Å². The number of carbonyl (C=O) groups is 1. The van der Waals surface area contributed by atoms with E-state index in [1.807, 2.05) is 61.5 Å². The number of amides is 1. The van der Waals surface area contributed by atoms with Crippen LogP contribution in [-0.4, -0.2) is 48.1 Å². The molecule has 0 aromatic heterocycles. The van der Waals surface area contributed by atoms with E-state index in [1.165, 1.54) is 11.8 Å². The maximum absolute atomic E-state index is 12.4. The number of thioether (sulfide) groups is 1. The molecule has 162 valence electrons. The van der Waals surface area contributed by atoms with E-state index in [2.05, 4.69) is 6.58 Å². The Morgan fingerprint density at radius 3 is 2.39 bits per heavy atom. The van der Waals surface area contributed by atoms with Crippen molar-refractivity contribution in [1.29, 1.82) is 0 Å². The van der Waals surface area contributed by atoms with E-state index in [-0.39, 0.29) is 5.91 Å². The van der Waals surface area contributed by atoms with Crippen LogP contribution in [-0.2, 0) is 9.53 Å². The van der Waals surface area contributed by atoms with E-state index in [1.54, 1.807) is 11.0 Å². The summed E-state index contributed by atoms with van der Waals surface area (Å²) in [5, 5.41) is 0. The molecular weight excluding hydrogens is 430 g/mol. The quantitative estimate of drug-likeness (QED) is 0.209. The molecule has 0 spiro atoms. The summed E-state index contributed by atoms with van der Waals surface area (Å²) < 4.78 is 17.5. The summed E-state index contributed by atoms with van der Waals surface area (Å²) in [6.07, 6.45) is 3.49.